The van der Waals surface area contributed by atoms with Gasteiger partial charge in [0.25, 0.3) is 0 Å². The second kappa shape index (κ2) is 4.09. The predicted octanol–water partition coefficient (Wildman–Crippen LogP) is 3.92. The third-order valence-corrected chi connectivity index (χ3v) is 3.16. The van der Waals surface area contributed by atoms with Crippen LogP contribution >= 0.6 is 0 Å². The van der Waals surface area contributed by atoms with Crippen molar-refractivity contribution < 1.29 is 13.9 Å². The van der Waals surface area contributed by atoms with Crippen molar-refractivity contribution in [3.05, 3.63) is 59.8 Å². The Morgan fingerprint density at radius 3 is 2.58 bits per heavy atom. The number of nitrogens with zero attached hydrogens (tertiary/aromatic N) is 1. The summed E-state index contributed by atoms with van der Waals surface area (Å²) in [4.78, 5) is 0. The summed E-state index contributed by atoms with van der Waals surface area (Å²) in [5, 5.41) is 10.3. The van der Waals surface area contributed by atoms with E-state index in [4.69, 9.17) is 0 Å². The lowest BCUT2D eigenvalue weighted by molar-refractivity contribution is 0.476. The van der Waals surface area contributed by atoms with Gasteiger partial charge in [0.15, 0.2) is 0 Å². The molecular formula is C15H11F2NO. The van der Waals surface area contributed by atoms with E-state index in [2.05, 4.69) is 0 Å². The summed E-state index contributed by atoms with van der Waals surface area (Å²) in [7, 11) is 0. The Labute approximate surface area is 108 Å². The summed E-state index contributed by atoms with van der Waals surface area (Å²) < 4.78 is 28.4. The van der Waals surface area contributed by atoms with Crippen molar-refractivity contribution >= 4 is 10.9 Å². The van der Waals surface area contributed by atoms with Crippen LogP contribution in [0.5, 0.6) is 5.75 Å². The fraction of sp³-hybridized carbons (Fsp3) is 0.0667. The number of phenolic OH excluding ortho intramolecular Hbond substituents is 1. The van der Waals surface area contributed by atoms with Gasteiger partial charge in [0, 0.05) is 17.6 Å². The standard InChI is InChI=1S/C15H11F2NO/c1-9-8-18(14-5-3-11(19)7-12(9)14)15-4-2-10(16)6-13(15)17/h2-8,19H,1H3. The number of rotatable bonds is 1. The number of aromatic nitrogens is 1. The van der Waals surface area contributed by atoms with Crippen LogP contribution in [0.2, 0.25) is 0 Å². The van der Waals surface area contributed by atoms with Crippen molar-refractivity contribution in [1.82, 2.24) is 4.57 Å². The zero-order chi connectivity index (χ0) is 13.6. The van der Waals surface area contributed by atoms with Gasteiger partial charge < -0.3 is 9.67 Å². The summed E-state index contributed by atoms with van der Waals surface area (Å²) in [6.45, 7) is 1.87. The van der Waals surface area contributed by atoms with Crippen molar-refractivity contribution in [2.75, 3.05) is 0 Å². The average Bonchev–Trinajstić information content (AvgIpc) is 2.66. The highest BCUT2D eigenvalue weighted by Gasteiger charge is 2.11. The zero-order valence-electron chi connectivity index (χ0n) is 10.2. The van der Waals surface area contributed by atoms with Crippen LogP contribution in [0.15, 0.2) is 42.6 Å². The Morgan fingerprint density at radius 2 is 1.84 bits per heavy atom. The molecule has 0 saturated heterocycles. The fourth-order valence-electron chi connectivity index (χ4n) is 2.26. The molecule has 2 nitrogen and oxygen atoms in total. The molecule has 0 amide bonds. The molecule has 4 heteroatoms. The highest BCUT2D eigenvalue weighted by Crippen LogP contribution is 2.28. The molecule has 96 valence electrons. The molecule has 0 atom stereocenters. The normalized spacial score (nSPS) is 11.1. The molecule has 0 aliphatic heterocycles. The summed E-state index contributed by atoms with van der Waals surface area (Å²) >= 11 is 0. The Kier molecular flexibility index (Phi) is 2.52. The summed E-state index contributed by atoms with van der Waals surface area (Å²) in [6.07, 6.45) is 1.76. The maximum Gasteiger partial charge on any atom is 0.150 e. The molecule has 0 unspecified atom stereocenters. The number of aromatic hydroxyl groups is 1. The second-order valence-corrected chi connectivity index (χ2v) is 4.48. The minimum Gasteiger partial charge on any atom is -0.508 e. The minimum absolute atomic E-state index is 0.160. The number of benzene rings is 2. The Hall–Kier alpha value is -2.36. The molecule has 3 rings (SSSR count). The van der Waals surface area contributed by atoms with Crippen molar-refractivity contribution in [3.63, 3.8) is 0 Å². The average molecular weight is 259 g/mol. The summed E-state index contributed by atoms with van der Waals surface area (Å²) in [6, 6.07) is 8.36. The van der Waals surface area contributed by atoms with E-state index in [1.165, 1.54) is 12.1 Å². The third-order valence-electron chi connectivity index (χ3n) is 3.16. The monoisotopic (exact) mass is 259 g/mol. The second-order valence-electron chi connectivity index (χ2n) is 4.48. The maximum atomic E-state index is 13.8. The van der Waals surface area contributed by atoms with E-state index >= 15 is 0 Å². The van der Waals surface area contributed by atoms with Gasteiger partial charge in [-0.2, -0.15) is 0 Å². The van der Waals surface area contributed by atoms with Gasteiger partial charge in [-0.25, -0.2) is 8.78 Å². The van der Waals surface area contributed by atoms with E-state index < -0.39 is 11.6 Å². The first-order chi connectivity index (χ1) is 9.06. The SMILES string of the molecule is Cc1cn(-c2ccc(F)cc2F)c2ccc(O)cc12. The lowest BCUT2D eigenvalue weighted by Gasteiger charge is -2.07. The van der Waals surface area contributed by atoms with Crippen LogP contribution in [-0.2, 0) is 0 Å². The number of aryl methyl sites for hydroxylation is 1. The van der Waals surface area contributed by atoms with Gasteiger partial charge in [-0.05, 0) is 42.8 Å². The van der Waals surface area contributed by atoms with Gasteiger partial charge in [-0.1, -0.05) is 0 Å². The molecule has 0 radical (unpaired) electrons. The number of hydrogen-bond acceptors (Lipinski definition) is 1. The van der Waals surface area contributed by atoms with Crippen LogP contribution in [0.4, 0.5) is 8.78 Å². The summed E-state index contributed by atoms with van der Waals surface area (Å²) in [5.41, 5.74) is 1.96. The van der Waals surface area contributed by atoms with Crippen LogP contribution < -0.4 is 0 Å². The van der Waals surface area contributed by atoms with Gasteiger partial charge in [0.2, 0.25) is 0 Å². The Morgan fingerprint density at radius 1 is 1.05 bits per heavy atom. The molecular weight excluding hydrogens is 248 g/mol. The molecule has 0 spiro atoms. The molecule has 1 aromatic heterocycles. The van der Waals surface area contributed by atoms with Gasteiger partial charge >= 0.3 is 0 Å². The number of phenols is 1. The molecule has 0 fully saturated rings. The highest BCUT2D eigenvalue weighted by atomic mass is 19.1. The van der Waals surface area contributed by atoms with Crippen molar-refractivity contribution in [1.29, 1.82) is 0 Å². The minimum atomic E-state index is -0.620. The number of hydrogen-bond donors (Lipinski definition) is 1. The van der Waals surface area contributed by atoms with Gasteiger partial charge in [0.05, 0.1) is 11.2 Å². The maximum absolute atomic E-state index is 13.8. The molecule has 0 aliphatic carbocycles. The van der Waals surface area contributed by atoms with Gasteiger partial charge in [-0.15, -0.1) is 0 Å². The zero-order valence-corrected chi connectivity index (χ0v) is 10.2. The summed E-state index contributed by atoms with van der Waals surface area (Å²) in [5.74, 6) is -1.06. The first kappa shape index (κ1) is 11.7. The number of halogens is 2. The quantitative estimate of drug-likeness (QED) is 0.704. The van der Waals surface area contributed by atoms with E-state index in [-0.39, 0.29) is 11.4 Å². The van der Waals surface area contributed by atoms with E-state index in [1.54, 1.807) is 29.0 Å². The largest absolute Gasteiger partial charge is 0.508 e. The first-order valence-corrected chi connectivity index (χ1v) is 5.82. The first-order valence-electron chi connectivity index (χ1n) is 5.82. The van der Waals surface area contributed by atoms with Crippen LogP contribution in [0, 0.1) is 18.6 Å². The lowest BCUT2D eigenvalue weighted by Crippen LogP contribution is -1.96. The van der Waals surface area contributed by atoms with E-state index in [1.807, 2.05) is 6.92 Å². The van der Waals surface area contributed by atoms with Crippen LogP contribution in [-0.4, -0.2) is 9.67 Å². The molecule has 1 N–H and O–H groups in total. The lowest BCUT2D eigenvalue weighted by atomic mass is 10.2. The smallest absolute Gasteiger partial charge is 0.150 e. The Bertz CT molecular complexity index is 777. The van der Waals surface area contributed by atoms with E-state index in [0.29, 0.717) is 0 Å². The van der Waals surface area contributed by atoms with Crippen molar-refractivity contribution in [2.24, 2.45) is 0 Å². The van der Waals surface area contributed by atoms with Crippen molar-refractivity contribution in [3.8, 4) is 11.4 Å². The van der Waals surface area contributed by atoms with E-state index in [0.717, 1.165) is 22.5 Å². The predicted molar refractivity (Wildman–Crippen MR) is 69.6 cm³/mol. The van der Waals surface area contributed by atoms with Crippen LogP contribution in [0.1, 0.15) is 5.56 Å². The topological polar surface area (TPSA) is 25.2 Å². The molecule has 0 bridgehead atoms. The van der Waals surface area contributed by atoms with Gasteiger partial charge in [0.1, 0.15) is 17.4 Å². The molecule has 0 saturated carbocycles. The molecule has 2 aromatic carbocycles. The fourth-order valence-corrected chi connectivity index (χ4v) is 2.26. The molecule has 19 heavy (non-hydrogen) atoms. The number of fused-ring (bicyclic) bond motifs is 1. The van der Waals surface area contributed by atoms with Crippen molar-refractivity contribution in [2.45, 2.75) is 6.92 Å². The van der Waals surface area contributed by atoms with Crippen LogP contribution in [0.3, 0.4) is 0 Å². The molecule has 1 heterocycles. The molecule has 3 aromatic rings. The van der Waals surface area contributed by atoms with Gasteiger partial charge in [-0.3, -0.25) is 0 Å². The third kappa shape index (κ3) is 1.85. The highest BCUT2D eigenvalue weighted by molar-refractivity contribution is 5.86. The Balaban J connectivity index is 2.31. The molecule has 0 aliphatic rings. The van der Waals surface area contributed by atoms with E-state index in [9.17, 15) is 13.9 Å². The van der Waals surface area contributed by atoms with Crippen LogP contribution in [0.25, 0.3) is 16.6 Å².